The molecule has 4 N–H and O–H groups in total. The first-order valence-corrected chi connectivity index (χ1v) is 5.39. The molecule has 4 nitrogen and oxygen atoms in total. The van der Waals surface area contributed by atoms with Crippen LogP contribution in [0.1, 0.15) is 5.56 Å². The number of nitrogens with two attached hydrogens (primary N) is 1. The molecule has 0 unspecified atom stereocenters. The van der Waals surface area contributed by atoms with E-state index in [1.54, 1.807) is 0 Å². The number of aliphatic hydroxyl groups is 1. The summed E-state index contributed by atoms with van der Waals surface area (Å²) >= 11 is 0. The summed E-state index contributed by atoms with van der Waals surface area (Å²) < 4.78 is 75.6. The summed E-state index contributed by atoms with van der Waals surface area (Å²) in [5.74, 6) is -0.676. The molecule has 0 spiro atoms. The van der Waals surface area contributed by atoms with E-state index in [2.05, 4.69) is 5.32 Å². The van der Waals surface area contributed by atoms with Crippen molar-refractivity contribution >= 4 is 11.6 Å². The molecule has 1 amide bonds. The number of hydrogen-bond donors (Lipinski definition) is 3. The third kappa shape index (κ3) is 3.27. The zero-order valence-electron chi connectivity index (χ0n) is 10.2. The first-order chi connectivity index (χ1) is 9.43. The van der Waals surface area contributed by atoms with Gasteiger partial charge in [-0.3, -0.25) is 4.79 Å². The second-order valence-electron chi connectivity index (χ2n) is 4.04. The van der Waals surface area contributed by atoms with Gasteiger partial charge in [0.25, 0.3) is 5.60 Å². The fraction of sp³-hybridized carbons (Fsp3) is 0.364. The monoisotopic (exact) mass is 316 g/mol. The third-order valence-electron chi connectivity index (χ3n) is 2.59. The van der Waals surface area contributed by atoms with Crippen LogP contribution in [0.3, 0.4) is 0 Å². The van der Waals surface area contributed by atoms with Crippen LogP contribution in [0.4, 0.5) is 32.0 Å². The number of benzene rings is 1. The number of carbonyl (C=O) groups excluding carboxylic acids is 1. The van der Waals surface area contributed by atoms with Gasteiger partial charge in [0.15, 0.2) is 0 Å². The van der Waals surface area contributed by atoms with Crippen LogP contribution >= 0.6 is 0 Å². The van der Waals surface area contributed by atoms with Gasteiger partial charge >= 0.3 is 12.4 Å². The van der Waals surface area contributed by atoms with Crippen molar-refractivity contribution in [2.45, 2.75) is 18.0 Å². The van der Waals surface area contributed by atoms with Crippen LogP contribution in [0.25, 0.3) is 0 Å². The van der Waals surface area contributed by atoms with E-state index in [4.69, 9.17) is 10.8 Å². The molecule has 0 saturated carbocycles. The maximum absolute atomic E-state index is 12.6. The number of carbonyl (C=O) groups is 1. The van der Waals surface area contributed by atoms with E-state index in [9.17, 15) is 31.1 Å². The quantitative estimate of drug-likeness (QED) is 0.746. The van der Waals surface area contributed by atoms with E-state index in [1.165, 1.54) is 0 Å². The summed E-state index contributed by atoms with van der Waals surface area (Å²) in [7, 11) is 0. The predicted octanol–water partition coefficient (Wildman–Crippen LogP) is 1.90. The van der Waals surface area contributed by atoms with Gasteiger partial charge in [0.05, 0.1) is 6.54 Å². The van der Waals surface area contributed by atoms with Gasteiger partial charge in [-0.15, -0.1) is 0 Å². The Bertz CT molecular complexity index is 495. The minimum atomic E-state index is -5.95. The highest BCUT2D eigenvalue weighted by Gasteiger charge is 2.71. The highest BCUT2D eigenvalue weighted by molar-refractivity contribution is 5.92. The fourth-order valence-corrected chi connectivity index (χ4v) is 1.49. The van der Waals surface area contributed by atoms with E-state index < -0.39 is 36.0 Å². The van der Waals surface area contributed by atoms with E-state index in [-0.39, 0.29) is 5.69 Å². The van der Waals surface area contributed by atoms with Crippen molar-refractivity contribution in [1.29, 1.82) is 0 Å². The molecule has 1 aromatic rings. The fourth-order valence-electron chi connectivity index (χ4n) is 1.49. The Morgan fingerprint density at radius 2 is 1.48 bits per heavy atom. The Morgan fingerprint density at radius 3 is 1.81 bits per heavy atom. The molecule has 0 aromatic heterocycles. The van der Waals surface area contributed by atoms with Crippen molar-refractivity contribution in [1.82, 2.24) is 0 Å². The number of alkyl halides is 6. The topological polar surface area (TPSA) is 75.4 Å². The molecule has 0 saturated heterocycles. The zero-order chi connectivity index (χ0) is 16.5. The normalized spacial score (nSPS) is 13.1. The molecule has 0 bridgehead atoms. The van der Waals surface area contributed by atoms with E-state index in [0.717, 1.165) is 12.1 Å². The zero-order valence-corrected chi connectivity index (χ0v) is 10.2. The van der Waals surface area contributed by atoms with E-state index >= 15 is 0 Å². The Hall–Kier alpha value is -1.81. The van der Waals surface area contributed by atoms with Crippen LogP contribution in [0.2, 0.25) is 0 Å². The van der Waals surface area contributed by atoms with Crippen molar-refractivity contribution in [2.75, 3.05) is 11.9 Å². The maximum atomic E-state index is 12.6. The Balaban J connectivity index is 3.21. The number of anilines is 1. The molecule has 1 rings (SSSR count). The van der Waals surface area contributed by atoms with Gasteiger partial charge < -0.3 is 16.2 Å². The minimum Gasteiger partial charge on any atom is -0.369 e. The van der Waals surface area contributed by atoms with Gasteiger partial charge in [-0.05, 0) is 12.1 Å². The maximum Gasteiger partial charge on any atom is 0.430 e. The molecule has 21 heavy (non-hydrogen) atoms. The molecule has 0 aliphatic heterocycles. The highest BCUT2D eigenvalue weighted by Crippen LogP contribution is 2.50. The van der Waals surface area contributed by atoms with Crippen LogP contribution in [-0.4, -0.2) is 29.9 Å². The van der Waals surface area contributed by atoms with Crippen molar-refractivity contribution in [3.05, 3.63) is 29.8 Å². The van der Waals surface area contributed by atoms with Crippen LogP contribution in [-0.2, 0) is 10.4 Å². The van der Waals surface area contributed by atoms with Crippen molar-refractivity contribution in [3.8, 4) is 0 Å². The summed E-state index contributed by atoms with van der Waals surface area (Å²) in [6.07, 6.45) is -11.9. The Labute approximate surface area is 114 Å². The van der Waals surface area contributed by atoms with Crippen LogP contribution < -0.4 is 11.1 Å². The van der Waals surface area contributed by atoms with Crippen LogP contribution in [0.15, 0.2) is 24.3 Å². The van der Waals surface area contributed by atoms with Gasteiger partial charge in [0.2, 0.25) is 5.91 Å². The minimum absolute atomic E-state index is 0.0547. The molecule has 0 heterocycles. The third-order valence-corrected chi connectivity index (χ3v) is 2.59. The van der Waals surface area contributed by atoms with E-state index in [1.807, 2.05) is 0 Å². The smallest absolute Gasteiger partial charge is 0.369 e. The molecule has 10 heteroatoms. The largest absolute Gasteiger partial charge is 0.430 e. The standard InChI is InChI=1S/C11H10F6N2O2/c12-10(13,14)9(21,11(15,16)17)6-1-3-7(4-2-6)19-8(20)5-18/h1-4,21H,5,18H2,(H,19,20). The molecule has 0 radical (unpaired) electrons. The van der Waals surface area contributed by atoms with Gasteiger partial charge in [0.1, 0.15) is 0 Å². The SMILES string of the molecule is NCC(=O)Nc1ccc(C(O)(C(F)(F)F)C(F)(F)F)cc1. The number of halogens is 6. The molecular weight excluding hydrogens is 306 g/mol. The lowest BCUT2D eigenvalue weighted by Gasteiger charge is -2.32. The van der Waals surface area contributed by atoms with Crippen molar-refractivity contribution < 1.29 is 36.2 Å². The van der Waals surface area contributed by atoms with Gasteiger partial charge in [-0.2, -0.15) is 26.3 Å². The number of amides is 1. The van der Waals surface area contributed by atoms with Gasteiger partial charge in [-0.1, -0.05) is 12.1 Å². The summed E-state index contributed by atoms with van der Waals surface area (Å²) in [5, 5.41) is 11.3. The molecular formula is C11H10F6N2O2. The lowest BCUT2D eigenvalue weighted by Crippen LogP contribution is -2.53. The van der Waals surface area contributed by atoms with Crippen molar-refractivity contribution in [3.63, 3.8) is 0 Å². The van der Waals surface area contributed by atoms with Gasteiger partial charge in [-0.25, -0.2) is 0 Å². The van der Waals surface area contributed by atoms with Crippen LogP contribution in [0.5, 0.6) is 0 Å². The van der Waals surface area contributed by atoms with Crippen LogP contribution in [0, 0.1) is 0 Å². The second kappa shape index (κ2) is 5.53. The summed E-state index contributed by atoms with van der Waals surface area (Å²) in [6, 6.07) is 2.44. The first-order valence-electron chi connectivity index (χ1n) is 5.39. The average Bonchev–Trinajstić information content (AvgIpc) is 2.35. The molecule has 0 aliphatic carbocycles. The highest BCUT2D eigenvalue weighted by atomic mass is 19.4. The van der Waals surface area contributed by atoms with E-state index in [0.29, 0.717) is 12.1 Å². The number of nitrogens with one attached hydrogen (secondary N) is 1. The first kappa shape index (κ1) is 17.2. The molecule has 0 fully saturated rings. The summed E-state index contributed by atoms with van der Waals surface area (Å²) in [6.45, 7) is -0.406. The lowest BCUT2D eigenvalue weighted by molar-refractivity contribution is -0.376. The number of hydrogen-bond acceptors (Lipinski definition) is 3. The Kier molecular flexibility index (Phi) is 4.54. The second-order valence-corrected chi connectivity index (χ2v) is 4.04. The Morgan fingerprint density at radius 1 is 1.05 bits per heavy atom. The number of rotatable bonds is 3. The molecule has 0 atom stereocenters. The van der Waals surface area contributed by atoms with Gasteiger partial charge in [0, 0.05) is 11.3 Å². The van der Waals surface area contributed by atoms with Crippen molar-refractivity contribution in [2.24, 2.45) is 5.73 Å². The molecule has 1 aromatic carbocycles. The molecule has 118 valence electrons. The molecule has 0 aliphatic rings. The predicted molar refractivity (Wildman–Crippen MR) is 60.1 cm³/mol. The average molecular weight is 316 g/mol. The summed E-state index contributed by atoms with van der Waals surface area (Å²) in [5.41, 5.74) is -1.47. The lowest BCUT2D eigenvalue weighted by atomic mass is 9.92. The summed E-state index contributed by atoms with van der Waals surface area (Å²) in [4.78, 5) is 10.9.